The topological polar surface area (TPSA) is 111 Å². The smallest absolute Gasteiger partial charge is 0.303 e. The van der Waals surface area contributed by atoms with E-state index in [4.69, 9.17) is 10.4 Å². The van der Waals surface area contributed by atoms with Crippen molar-refractivity contribution in [1.29, 1.82) is 5.26 Å². The molecule has 0 aliphatic heterocycles. The SMILES string of the molecule is N#Cc1nc(-c2ccccc2)cc(C(=O)CCC(=O)O)c1O. The molecule has 0 unspecified atom stereocenters. The molecule has 2 N–H and O–H groups in total. The van der Waals surface area contributed by atoms with E-state index < -0.39 is 17.5 Å². The summed E-state index contributed by atoms with van der Waals surface area (Å²) in [5.74, 6) is -2.17. The third kappa shape index (κ3) is 3.27. The number of hydrogen-bond donors (Lipinski definition) is 2. The molecule has 2 aromatic rings. The van der Waals surface area contributed by atoms with Crippen molar-refractivity contribution in [2.45, 2.75) is 12.8 Å². The fourth-order valence-corrected chi connectivity index (χ4v) is 1.94. The van der Waals surface area contributed by atoms with Gasteiger partial charge in [-0.1, -0.05) is 30.3 Å². The Kier molecular flexibility index (Phi) is 4.49. The van der Waals surface area contributed by atoms with Crippen LogP contribution in [0.4, 0.5) is 0 Å². The molecular weight excluding hydrogens is 284 g/mol. The van der Waals surface area contributed by atoms with Crippen molar-refractivity contribution in [2.75, 3.05) is 0 Å². The number of aromatic nitrogens is 1. The number of rotatable bonds is 5. The van der Waals surface area contributed by atoms with Crippen molar-refractivity contribution in [2.24, 2.45) is 0 Å². The Hall–Kier alpha value is -3.20. The predicted octanol–water partition coefficient (Wildman–Crippen LogP) is 2.37. The van der Waals surface area contributed by atoms with Crippen LogP contribution in [0.5, 0.6) is 5.75 Å². The number of hydrogen-bond acceptors (Lipinski definition) is 5. The summed E-state index contributed by atoms with van der Waals surface area (Å²) >= 11 is 0. The number of ketones is 1. The number of pyridine rings is 1. The number of nitriles is 1. The van der Waals surface area contributed by atoms with Crippen molar-refractivity contribution in [3.05, 3.63) is 47.7 Å². The average Bonchev–Trinajstić information content (AvgIpc) is 2.53. The van der Waals surface area contributed by atoms with Gasteiger partial charge in [0.15, 0.2) is 17.2 Å². The Labute approximate surface area is 126 Å². The third-order valence-electron chi connectivity index (χ3n) is 3.03. The van der Waals surface area contributed by atoms with E-state index in [2.05, 4.69) is 4.98 Å². The first-order valence-corrected chi connectivity index (χ1v) is 6.47. The van der Waals surface area contributed by atoms with Gasteiger partial charge in [0.1, 0.15) is 6.07 Å². The van der Waals surface area contributed by atoms with Gasteiger partial charge in [0.2, 0.25) is 0 Å². The second-order valence-corrected chi connectivity index (χ2v) is 4.55. The molecule has 0 bridgehead atoms. The summed E-state index contributed by atoms with van der Waals surface area (Å²) in [6.45, 7) is 0. The fourth-order valence-electron chi connectivity index (χ4n) is 1.94. The number of carbonyl (C=O) groups is 2. The van der Waals surface area contributed by atoms with Gasteiger partial charge in [-0.05, 0) is 6.07 Å². The molecule has 6 nitrogen and oxygen atoms in total. The number of aliphatic carboxylic acids is 1. The van der Waals surface area contributed by atoms with Crippen LogP contribution in [0, 0.1) is 11.3 Å². The maximum absolute atomic E-state index is 12.1. The van der Waals surface area contributed by atoms with E-state index in [9.17, 15) is 14.7 Å². The first-order valence-electron chi connectivity index (χ1n) is 6.47. The van der Waals surface area contributed by atoms with Crippen LogP contribution in [0.25, 0.3) is 11.3 Å². The number of carboxylic acid groups (broad SMARTS) is 1. The number of carbonyl (C=O) groups excluding carboxylic acids is 1. The average molecular weight is 296 g/mol. The Morgan fingerprint density at radius 3 is 2.45 bits per heavy atom. The molecule has 0 radical (unpaired) electrons. The van der Waals surface area contributed by atoms with Gasteiger partial charge < -0.3 is 10.2 Å². The molecule has 0 amide bonds. The van der Waals surface area contributed by atoms with E-state index in [1.807, 2.05) is 6.07 Å². The lowest BCUT2D eigenvalue weighted by atomic mass is 10.0. The van der Waals surface area contributed by atoms with E-state index in [1.165, 1.54) is 6.07 Å². The quantitative estimate of drug-likeness (QED) is 0.819. The van der Waals surface area contributed by atoms with Crippen molar-refractivity contribution in [3.63, 3.8) is 0 Å². The molecular formula is C16H12N2O4. The standard InChI is InChI=1S/C16H12N2O4/c17-9-13-16(22)11(14(19)6-7-15(20)21)8-12(18-13)10-4-2-1-3-5-10/h1-5,8,22H,6-7H2,(H,20,21). The summed E-state index contributed by atoms with van der Waals surface area (Å²) in [5, 5.41) is 27.6. The molecule has 1 heterocycles. The molecule has 0 spiro atoms. The number of Topliss-reactive ketones (excluding diaryl/α,β-unsaturated/α-hetero) is 1. The van der Waals surface area contributed by atoms with Crippen LogP contribution >= 0.6 is 0 Å². The Bertz CT molecular complexity index is 764. The van der Waals surface area contributed by atoms with E-state index in [1.54, 1.807) is 30.3 Å². The van der Waals surface area contributed by atoms with Gasteiger partial charge in [0.25, 0.3) is 0 Å². The molecule has 0 saturated heterocycles. The minimum absolute atomic E-state index is 0.0911. The van der Waals surface area contributed by atoms with Gasteiger partial charge >= 0.3 is 5.97 Å². The Balaban J connectivity index is 2.47. The van der Waals surface area contributed by atoms with Gasteiger partial charge in [0, 0.05) is 12.0 Å². The van der Waals surface area contributed by atoms with E-state index >= 15 is 0 Å². The van der Waals surface area contributed by atoms with Crippen LogP contribution in [0.2, 0.25) is 0 Å². The number of aromatic hydroxyl groups is 1. The minimum atomic E-state index is -1.11. The number of carboxylic acids is 1. The highest BCUT2D eigenvalue weighted by Crippen LogP contribution is 2.28. The second-order valence-electron chi connectivity index (χ2n) is 4.55. The Morgan fingerprint density at radius 2 is 1.86 bits per heavy atom. The first kappa shape index (κ1) is 15.2. The lowest BCUT2D eigenvalue weighted by Gasteiger charge is -2.08. The van der Waals surface area contributed by atoms with Crippen LogP contribution in [0.3, 0.4) is 0 Å². The summed E-state index contributed by atoms with van der Waals surface area (Å²) in [7, 11) is 0. The van der Waals surface area contributed by atoms with Gasteiger partial charge in [0.05, 0.1) is 17.7 Å². The summed E-state index contributed by atoms with van der Waals surface area (Å²) in [6, 6.07) is 12.0. The summed E-state index contributed by atoms with van der Waals surface area (Å²) in [5.41, 5.74) is 0.701. The molecule has 22 heavy (non-hydrogen) atoms. The zero-order chi connectivity index (χ0) is 16.1. The molecule has 110 valence electrons. The van der Waals surface area contributed by atoms with Crippen LogP contribution in [0.15, 0.2) is 36.4 Å². The van der Waals surface area contributed by atoms with Gasteiger partial charge in [-0.2, -0.15) is 5.26 Å². The molecule has 0 aliphatic carbocycles. The lowest BCUT2D eigenvalue weighted by Crippen LogP contribution is -2.06. The summed E-state index contributed by atoms with van der Waals surface area (Å²) in [6.07, 6.45) is -0.602. The van der Waals surface area contributed by atoms with Crippen LogP contribution in [0.1, 0.15) is 28.9 Å². The fraction of sp³-hybridized carbons (Fsp3) is 0.125. The van der Waals surface area contributed by atoms with Crippen LogP contribution in [-0.4, -0.2) is 26.9 Å². The van der Waals surface area contributed by atoms with Crippen molar-refractivity contribution in [1.82, 2.24) is 4.98 Å². The molecule has 1 aromatic heterocycles. The van der Waals surface area contributed by atoms with Gasteiger partial charge in [-0.15, -0.1) is 0 Å². The van der Waals surface area contributed by atoms with Gasteiger partial charge in [-0.3, -0.25) is 9.59 Å². The maximum Gasteiger partial charge on any atom is 0.303 e. The zero-order valence-electron chi connectivity index (χ0n) is 11.5. The number of nitrogens with zero attached hydrogens (tertiary/aromatic N) is 2. The number of benzene rings is 1. The molecule has 0 saturated carbocycles. The van der Waals surface area contributed by atoms with Gasteiger partial charge in [-0.25, -0.2) is 4.98 Å². The molecule has 6 heteroatoms. The largest absolute Gasteiger partial charge is 0.504 e. The molecule has 0 aliphatic rings. The minimum Gasteiger partial charge on any atom is -0.504 e. The molecule has 0 atom stereocenters. The highest BCUT2D eigenvalue weighted by Gasteiger charge is 2.19. The van der Waals surface area contributed by atoms with Crippen molar-refractivity contribution in [3.8, 4) is 23.1 Å². The molecule has 1 aromatic carbocycles. The molecule has 0 fully saturated rings. The highest BCUT2D eigenvalue weighted by molar-refractivity contribution is 6.01. The highest BCUT2D eigenvalue weighted by atomic mass is 16.4. The zero-order valence-corrected chi connectivity index (χ0v) is 11.5. The third-order valence-corrected chi connectivity index (χ3v) is 3.03. The van der Waals surface area contributed by atoms with E-state index in [-0.39, 0.29) is 24.1 Å². The first-order chi connectivity index (χ1) is 10.5. The van der Waals surface area contributed by atoms with Crippen molar-refractivity contribution >= 4 is 11.8 Å². The van der Waals surface area contributed by atoms with Crippen LogP contribution in [-0.2, 0) is 4.79 Å². The maximum atomic E-state index is 12.1. The summed E-state index contributed by atoms with van der Waals surface area (Å²) in [4.78, 5) is 26.6. The Morgan fingerprint density at radius 1 is 1.18 bits per heavy atom. The normalized spacial score (nSPS) is 9.95. The monoisotopic (exact) mass is 296 g/mol. The predicted molar refractivity (Wildman–Crippen MR) is 77.3 cm³/mol. The van der Waals surface area contributed by atoms with Crippen LogP contribution < -0.4 is 0 Å². The van der Waals surface area contributed by atoms with E-state index in [0.717, 1.165) is 0 Å². The summed E-state index contributed by atoms with van der Waals surface area (Å²) < 4.78 is 0. The van der Waals surface area contributed by atoms with E-state index in [0.29, 0.717) is 11.3 Å². The van der Waals surface area contributed by atoms with Crippen molar-refractivity contribution < 1.29 is 19.8 Å². The second kappa shape index (κ2) is 6.50. The molecule has 2 rings (SSSR count). The lowest BCUT2D eigenvalue weighted by molar-refractivity contribution is -0.136.